The number of nitrogens with zero attached hydrogens (tertiary/aromatic N) is 2. The molecule has 3 aliphatic rings. The third-order valence-electron chi connectivity index (χ3n) is 6.27. The van der Waals surface area contributed by atoms with Gasteiger partial charge in [0.2, 0.25) is 5.91 Å². The second-order valence-electron chi connectivity index (χ2n) is 7.66. The number of carbonyl (C=O) groups is 1. The highest BCUT2D eigenvalue weighted by Gasteiger charge is 2.50. The Hall–Kier alpha value is -1.10. The topological polar surface area (TPSA) is 49.6 Å². The number of carbonyl (C=O) groups excluding carboxylic acids is 1. The molecule has 2 bridgehead atoms. The Bertz CT molecular complexity index is 595. The standard InChI is InChI=1S/C19H26ClN3O/c20-16-5-1-13(2-6-16)12-22-7-9-23(10-8-22)19(24)17-14-3-4-15(11-14)18(17)21/h1-2,5-6,14-15,17-18H,3-4,7-12,21H2. The molecule has 4 nitrogen and oxygen atoms in total. The number of hydrogen-bond donors (Lipinski definition) is 1. The molecular formula is C19H26ClN3O. The van der Waals surface area contributed by atoms with Gasteiger partial charge >= 0.3 is 0 Å². The fourth-order valence-corrected chi connectivity index (χ4v) is 5.01. The van der Waals surface area contributed by atoms with E-state index in [1.54, 1.807) is 0 Å². The molecule has 1 heterocycles. The average molecular weight is 348 g/mol. The number of amides is 1. The number of benzene rings is 1. The van der Waals surface area contributed by atoms with Crippen LogP contribution < -0.4 is 5.73 Å². The normalized spacial score (nSPS) is 33.2. The molecule has 4 rings (SSSR count). The molecule has 0 aromatic heterocycles. The molecule has 130 valence electrons. The highest BCUT2D eigenvalue weighted by Crippen LogP contribution is 2.48. The Morgan fingerprint density at radius 1 is 1.08 bits per heavy atom. The summed E-state index contributed by atoms with van der Waals surface area (Å²) in [7, 11) is 0. The minimum absolute atomic E-state index is 0.0894. The van der Waals surface area contributed by atoms with Crippen LogP contribution in [0.5, 0.6) is 0 Å². The van der Waals surface area contributed by atoms with Gasteiger partial charge in [0.15, 0.2) is 0 Å². The van der Waals surface area contributed by atoms with E-state index in [1.807, 2.05) is 12.1 Å². The van der Waals surface area contributed by atoms with Gasteiger partial charge in [0.1, 0.15) is 0 Å². The fraction of sp³-hybridized carbons (Fsp3) is 0.632. The van der Waals surface area contributed by atoms with Crippen molar-refractivity contribution in [3.05, 3.63) is 34.9 Å². The lowest BCUT2D eigenvalue weighted by molar-refractivity contribution is -0.139. The van der Waals surface area contributed by atoms with Crippen molar-refractivity contribution in [2.75, 3.05) is 26.2 Å². The van der Waals surface area contributed by atoms with Crippen LogP contribution in [0.25, 0.3) is 0 Å². The zero-order valence-electron chi connectivity index (χ0n) is 14.0. The number of piperazine rings is 1. The zero-order chi connectivity index (χ0) is 16.7. The second-order valence-corrected chi connectivity index (χ2v) is 8.10. The van der Waals surface area contributed by atoms with Crippen LogP contribution in [0.1, 0.15) is 24.8 Å². The molecular weight excluding hydrogens is 322 g/mol. The summed E-state index contributed by atoms with van der Waals surface area (Å²) in [5.74, 6) is 1.55. The van der Waals surface area contributed by atoms with Crippen LogP contribution in [0, 0.1) is 17.8 Å². The van der Waals surface area contributed by atoms with Crippen LogP contribution in [0.2, 0.25) is 5.02 Å². The summed E-state index contributed by atoms with van der Waals surface area (Å²) in [6.07, 6.45) is 3.60. The first-order valence-corrected chi connectivity index (χ1v) is 9.51. The maximum Gasteiger partial charge on any atom is 0.227 e. The first kappa shape index (κ1) is 16.4. The van der Waals surface area contributed by atoms with Crippen molar-refractivity contribution in [2.24, 2.45) is 23.5 Å². The predicted octanol–water partition coefficient (Wildman–Crippen LogP) is 2.36. The zero-order valence-corrected chi connectivity index (χ0v) is 14.8. The number of fused-ring (bicyclic) bond motifs is 2. The van der Waals surface area contributed by atoms with Gasteiger partial charge < -0.3 is 10.6 Å². The molecule has 4 unspecified atom stereocenters. The van der Waals surface area contributed by atoms with Crippen molar-refractivity contribution in [3.8, 4) is 0 Å². The van der Waals surface area contributed by atoms with Crippen LogP contribution >= 0.6 is 11.6 Å². The molecule has 24 heavy (non-hydrogen) atoms. The van der Waals surface area contributed by atoms with Gasteiger partial charge in [0.25, 0.3) is 0 Å². The van der Waals surface area contributed by atoms with Gasteiger partial charge in [-0.1, -0.05) is 23.7 Å². The Morgan fingerprint density at radius 3 is 2.38 bits per heavy atom. The van der Waals surface area contributed by atoms with E-state index >= 15 is 0 Å². The smallest absolute Gasteiger partial charge is 0.227 e. The van der Waals surface area contributed by atoms with Crippen LogP contribution in [0.3, 0.4) is 0 Å². The number of hydrogen-bond acceptors (Lipinski definition) is 3. The van der Waals surface area contributed by atoms with Gasteiger partial charge in [-0.3, -0.25) is 9.69 Å². The Labute approximate surface area is 148 Å². The van der Waals surface area contributed by atoms with Crippen LogP contribution in [-0.4, -0.2) is 47.9 Å². The van der Waals surface area contributed by atoms with Crippen molar-refractivity contribution in [2.45, 2.75) is 31.8 Å². The molecule has 5 heteroatoms. The second kappa shape index (κ2) is 6.66. The van der Waals surface area contributed by atoms with E-state index in [4.69, 9.17) is 17.3 Å². The van der Waals surface area contributed by atoms with Gasteiger partial charge in [0.05, 0.1) is 5.92 Å². The van der Waals surface area contributed by atoms with Crippen LogP contribution in [0.15, 0.2) is 24.3 Å². The maximum atomic E-state index is 12.9. The molecule has 0 radical (unpaired) electrons. The van der Waals surface area contributed by atoms with Crippen LogP contribution in [0.4, 0.5) is 0 Å². The lowest BCUT2D eigenvalue weighted by Gasteiger charge is -2.38. The minimum Gasteiger partial charge on any atom is -0.340 e. The van der Waals surface area contributed by atoms with E-state index in [1.165, 1.54) is 24.8 Å². The van der Waals surface area contributed by atoms with Crippen molar-refractivity contribution in [1.29, 1.82) is 0 Å². The summed E-state index contributed by atoms with van der Waals surface area (Å²) >= 11 is 5.94. The Morgan fingerprint density at radius 2 is 1.75 bits per heavy atom. The summed E-state index contributed by atoms with van der Waals surface area (Å²) in [6, 6.07) is 8.13. The molecule has 1 aromatic rings. The highest BCUT2D eigenvalue weighted by molar-refractivity contribution is 6.30. The molecule has 4 atom stereocenters. The molecule has 1 amide bonds. The SMILES string of the molecule is NC1C2CCC(C2)C1C(=O)N1CCN(Cc2ccc(Cl)cc2)CC1. The lowest BCUT2D eigenvalue weighted by Crippen LogP contribution is -2.53. The fourth-order valence-electron chi connectivity index (χ4n) is 4.89. The van der Waals surface area contributed by atoms with Gasteiger partial charge in [-0.25, -0.2) is 0 Å². The molecule has 1 aromatic carbocycles. The quantitative estimate of drug-likeness (QED) is 0.913. The molecule has 1 aliphatic heterocycles. The molecule has 0 spiro atoms. The molecule has 2 aliphatic carbocycles. The Balaban J connectivity index is 1.31. The summed E-state index contributed by atoms with van der Waals surface area (Å²) in [4.78, 5) is 17.4. The molecule has 3 fully saturated rings. The van der Waals surface area contributed by atoms with Crippen molar-refractivity contribution < 1.29 is 4.79 Å². The van der Waals surface area contributed by atoms with Crippen molar-refractivity contribution in [1.82, 2.24) is 9.80 Å². The van der Waals surface area contributed by atoms with Gasteiger partial charge in [0, 0.05) is 43.8 Å². The lowest BCUT2D eigenvalue weighted by atomic mass is 9.84. The van der Waals surface area contributed by atoms with Gasteiger partial charge in [-0.05, 0) is 48.8 Å². The Kier molecular flexibility index (Phi) is 4.54. The van der Waals surface area contributed by atoms with Crippen LogP contribution in [-0.2, 0) is 11.3 Å². The predicted molar refractivity (Wildman–Crippen MR) is 95.6 cm³/mol. The van der Waals surface area contributed by atoms with Gasteiger partial charge in [-0.2, -0.15) is 0 Å². The van der Waals surface area contributed by atoms with Crippen molar-refractivity contribution in [3.63, 3.8) is 0 Å². The number of rotatable bonds is 3. The average Bonchev–Trinajstić information content (AvgIpc) is 3.18. The number of halogens is 1. The maximum absolute atomic E-state index is 12.9. The number of nitrogens with two attached hydrogens (primary N) is 1. The highest BCUT2D eigenvalue weighted by atomic mass is 35.5. The summed E-state index contributed by atoms with van der Waals surface area (Å²) in [6.45, 7) is 4.45. The van der Waals surface area contributed by atoms with E-state index < -0.39 is 0 Å². The third-order valence-corrected chi connectivity index (χ3v) is 6.52. The van der Waals surface area contributed by atoms with E-state index in [0.29, 0.717) is 17.7 Å². The largest absolute Gasteiger partial charge is 0.340 e. The third kappa shape index (κ3) is 3.07. The molecule has 2 N–H and O–H groups in total. The molecule has 2 saturated carbocycles. The van der Waals surface area contributed by atoms with E-state index in [-0.39, 0.29) is 12.0 Å². The summed E-state index contributed by atoms with van der Waals surface area (Å²) < 4.78 is 0. The first-order chi connectivity index (χ1) is 11.6. The monoisotopic (exact) mass is 347 g/mol. The molecule has 1 saturated heterocycles. The van der Waals surface area contributed by atoms with E-state index in [2.05, 4.69) is 21.9 Å². The first-order valence-electron chi connectivity index (χ1n) is 9.13. The minimum atomic E-state index is 0.0894. The summed E-state index contributed by atoms with van der Waals surface area (Å²) in [5.41, 5.74) is 7.62. The summed E-state index contributed by atoms with van der Waals surface area (Å²) in [5, 5.41) is 0.774. The van der Waals surface area contributed by atoms with Crippen molar-refractivity contribution >= 4 is 17.5 Å². The van der Waals surface area contributed by atoms with E-state index in [0.717, 1.165) is 37.7 Å². The van der Waals surface area contributed by atoms with Gasteiger partial charge in [-0.15, -0.1) is 0 Å². The van der Waals surface area contributed by atoms with E-state index in [9.17, 15) is 4.79 Å².